The Bertz CT molecular complexity index is 1470. The number of imide groups is 1. The van der Waals surface area contributed by atoms with E-state index in [0.29, 0.717) is 15.9 Å². The van der Waals surface area contributed by atoms with Crippen LogP contribution in [0.15, 0.2) is 36.5 Å². The van der Waals surface area contributed by atoms with E-state index < -0.39 is 58.2 Å². The number of carboxylic acids is 1. The molecule has 8 nitrogen and oxygen atoms in total. The van der Waals surface area contributed by atoms with Crippen LogP contribution in [0.5, 0.6) is 11.5 Å². The molecule has 0 spiro atoms. The van der Waals surface area contributed by atoms with E-state index in [1.54, 1.807) is 6.20 Å². The van der Waals surface area contributed by atoms with Crippen LogP contribution in [0.3, 0.4) is 0 Å². The van der Waals surface area contributed by atoms with Crippen LogP contribution in [-0.2, 0) is 26.7 Å². The molecule has 1 heterocycles. The Balaban J connectivity index is 2.35. The average Bonchev–Trinajstić information content (AvgIpc) is 3.23. The van der Waals surface area contributed by atoms with Crippen molar-refractivity contribution in [1.29, 1.82) is 0 Å². The molecule has 2 aromatic carbocycles. The summed E-state index contributed by atoms with van der Waals surface area (Å²) in [5.74, 6) is -7.16. The van der Waals surface area contributed by atoms with Gasteiger partial charge < -0.3 is 14.8 Å². The van der Waals surface area contributed by atoms with Gasteiger partial charge in [0.15, 0.2) is 5.75 Å². The number of nitrogens with zero attached hydrogens (tertiary/aromatic N) is 2. The van der Waals surface area contributed by atoms with E-state index in [9.17, 15) is 45.8 Å². The number of carboxylic acid groups (broad SMARTS) is 1. The molecule has 2 N–H and O–H groups in total. The molecule has 3 rings (SSSR count). The van der Waals surface area contributed by atoms with Gasteiger partial charge in [0.1, 0.15) is 16.9 Å². The van der Waals surface area contributed by atoms with Gasteiger partial charge in [0.25, 0.3) is 0 Å². The highest BCUT2D eigenvalue weighted by molar-refractivity contribution is 6.34. The zero-order valence-corrected chi connectivity index (χ0v) is 22.8. The number of fused-ring (bicyclic) bond motifs is 1. The van der Waals surface area contributed by atoms with Gasteiger partial charge in [0.2, 0.25) is 5.91 Å². The Labute approximate surface area is 230 Å². The third-order valence-corrected chi connectivity index (χ3v) is 5.97. The average molecular weight is 588 g/mol. The summed E-state index contributed by atoms with van der Waals surface area (Å²) in [5, 5.41) is 10.2. The maximum atomic E-state index is 14.4. The Morgan fingerprint density at radius 1 is 0.927 bits per heavy atom. The third kappa shape index (κ3) is 6.41. The second-order valence-electron chi connectivity index (χ2n) is 10.5. The summed E-state index contributed by atoms with van der Waals surface area (Å²) in [6.45, 7) is 8.26. The first-order valence-electron chi connectivity index (χ1n) is 12.1. The number of aromatic amines is 1. The monoisotopic (exact) mass is 587 g/mol. The molecule has 2 amide bonds. The van der Waals surface area contributed by atoms with Crippen LogP contribution in [0.2, 0.25) is 0 Å². The number of ether oxygens (including phenoxy) is 1. The molecular formula is C27H27F6N3O5. The van der Waals surface area contributed by atoms with Gasteiger partial charge in [0, 0.05) is 24.0 Å². The van der Waals surface area contributed by atoms with Gasteiger partial charge in [-0.1, -0.05) is 13.8 Å². The minimum atomic E-state index is -5.41. The third-order valence-electron chi connectivity index (χ3n) is 5.97. The van der Waals surface area contributed by atoms with Crippen LogP contribution in [0, 0.1) is 0 Å². The van der Waals surface area contributed by atoms with Gasteiger partial charge >= 0.3 is 24.2 Å². The Morgan fingerprint density at radius 2 is 1.46 bits per heavy atom. The van der Waals surface area contributed by atoms with Gasteiger partial charge in [-0.25, -0.2) is 4.79 Å². The predicted octanol–water partition coefficient (Wildman–Crippen LogP) is 7.10. The normalized spacial score (nSPS) is 12.5. The summed E-state index contributed by atoms with van der Waals surface area (Å²) < 4.78 is 91.5. The van der Waals surface area contributed by atoms with Crippen LogP contribution >= 0.6 is 0 Å². The maximum Gasteiger partial charge on any atom is 0.420 e. The van der Waals surface area contributed by atoms with Gasteiger partial charge in [-0.15, -0.1) is 0 Å². The number of carbonyl (C=O) groups excluding carboxylic acids is 2. The molecule has 0 fully saturated rings. The van der Waals surface area contributed by atoms with Gasteiger partial charge in [-0.3, -0.25) is 14.6 Å². The standard InChI is InChI=1S/C27H27F6N3O5/c1-13(2)18-12-34-21-8-7-16(11-17(18)21)41-22-19(26(28,29)30)9-15(10-20(22)27(31,32)33)36(25(4,5)6)35(14(3)37)23(38)24(39)40/h7-13,34H,1-6H3,(H,39,40). The summed E-state index contributed by atoms with van der Waals surface area (Å²) in [5.41, 5.74) is -4.84. The van der Waals surface area contributed by atoms with E-state index in [-0.39, 0.29) is 28.8 Å². The van der Waals surface area contributed by atoms with Gasteiger partial charge in [-0.2, -0.15) is 31.4 Å². The molecule has 0 radical (unpaired) electrons. The fourth-order valence-corrected chi connectivity index (χ4v) is 4.32. The van der Waals surface area contributed by atoms with E-state index in [0.717, 1.165) is 12.5 Å². The Kier molecular flexibility index (Phi) is 8.12. The molecule has 0 aliphatic heterocycles. The summed E-state index contributed by atoms with van der Waals surface area (Å²) in [7, 11) is 0. The number of amides is 2. The van der Waals surface area contributed by atoms with Crippen molar-refractivity contribution in [2.45, 2.75) is 65.4 Å². The number of aromatic nitrogens is 1. The van der Waals surface area contributed by atoms with Crippen molar-refractivity contribution >= 4 is 34.4 Å². The van der Waals surface area contributed by atoms with Gasteiger partial charge in [0.05, 0.1) is 11.2 Å². The number of benzene rings is 2. The number of carbonyl (C=O) groups is 3. The fourth-order valence-electron chi connectivity index (χ4n) is 4.32. The zero-order valence-electron chi connectivity index (χ0n) is 22.8. The number of aliphatic carboxylic acids is 1. The molecule has 41 heavy (non-hydrogen) atoms. The minimum absolute atomic E-state index is 0.0177. The second-order valence-corrected chi connectivity index (χ2v) is 10.5. The lowest BCUT2D eigenvalue weighted by Crippen LogP contribution is -2.59. The number of hydrazine groups is 1. The molecule has 0 unspecified atom stereocenters. The van der Waals surface area contributed by atoms with E-state index in [1.165, 1.54) is 39.0 Å². The molecule has 14 heteroatoms. The molecule has 3 aromatic rings. The highest BCUT2D eigenvalue weighted by Crippen LogP contribution is 2.49. The highest BCUT2D eigenvalue weighted by Gasteiger charge is 2.45. The van der Waals surface area contributed by atoms with Crippen molar-refractivity contribution in [1.82, 2.24) is 9.99 Å². The lowest BCUT2D eigenvalue weighted by atomic mass is 10.0. The second kappa shape index (κ2) is 10.6. The highest BCUT2D eigenvalue weighted by atomic mass is 19.4. The van der Waals surface area contributed by atoms with Crippen LogP contribution < -0.4 is 9.75 Å². The smallest absolute Gasteiger partial charge is 0.420 e. The molecule has 0 aliphatic carbocycles. The summed E-state index contributed by atoms with van der Waals surface area (Å²) in [4.78, 5) is 39.1. The molecule has 0 saturated carbocycles. The van der Waals surface area contributed by atoms with Crippen molar-refractivity contribution in [2.75, 3.05) is 5.01 Å². The zero-order chi connectivity index (χ0) is 31.2. The minimum Gasteiger partial charge on any atom is -0.474 e. The number of halogens is 6. The van der Waals surface area contributed by atoms with Crippen LogP contribution in [0.4, 0.5) is 32.0 Å². The first-order chi connectivity index (χ1) is 18.6. The molecule has 0 saturated heterocycles. The quantitative estimate of drug-likeness (QED) is 0.188. The molecule has 0 atom stereocenters. The lowest BCUT2D eigenvalue weighted by Gasteiger charge is -2.43. The van der Waals surface area contributed by atoms with Crippen molar-refractivity contribution in [3.05, 3.63) is 53.2 Å². The van der Waals surface area contributed by atoms with Crippen LogP contribution in [0.25, 0.3) is 10.9 Å². The lowest BCUT2D eigenvalue weighted by molar-refractivity contribution is -0.160. The van der Waals surface area contributed by atoms with Crippen LogP contribution in [-0.4, -0.2) is 38.4 Å². The number of anilines is 1. The Hall–Kier alpha value is -4.23. The summed E-state index contributed by atoms with van der Waals surface area (Å²) in [6, 6.07) is 4.53. The summed E-state index contributed by atoms with van der Waals surface area (Å²) in [6.07, 6.45) is -9.14. The Morgan fingerprint density at radius 3 is 1.88 bits per heavy atom. The van der Waals surface area contributed by atoms with Crippen molar-refractivity contribution < 1.29 is 50.6 Å². The molecule has 222 valence electrons. The van der Waals surface area contributed by atoms with E-state index in [2.05, 4.69) is 4.98 Å². The van der Waals surface area contributed by atoms with E-state index >= 15 is 0 Å². The van der Waals surface area contributed by atoms with E-state index in [1.807, 2.05) is 13.8 Å². The largest absolute Gasteiger partial charge is 0.474 e. The number of hydrogen-bond donors (Lipinski definition) is 2. The SMILES string of the molecule is CC(=O)N(C(=O)C(=O)O)N(c1cc(C(F)(F)F)c(Oc2ccc3[nH]cc(C(C)C)c3c2)c(C(F)(F)F)c1)C(C)(C)C. The first-order valence-corrected chi connectivity index (χ1v) is 12.1. The molecule has 0 bridgehead atoms. The van der Waals surface area contributed by atoms with Crippen molar-refractivity contribution in [3.8, 4) is 11.5 Å². The number of rotatable bonds is 5. The topological polar surface area (TPSA) is 103 Å². The number of alkyl halides is 6. The predicted molar refractivity (Wildman–Crippen MR) is 136 cm³/mol. The number of nitrogens with one attached hydrogen (secondary N) is 1. The summed E-state index contributed by atoms with van der Waals surface area (Å²) >= 11 is 0. The van der Waals surface area contributed by atoms with Crippen LogP contribution in [0.1, 0.15) is 64.2 Å². The van der Waals surface area contributed by atoms with Crippen molar-refractivity contribution in [2.24, 2.45) is 0 Å². The number of hydrogen-bond acceptors (Lipinski definition) is 5. The van der Waals surface area contributed by atoms with E-state index in [4.69, 9.17) is 4.74 Å². The number of H-pyrrole nitrogens is 1. The molecular weight excluding hydrogens is 560 g/mol. The molecule has 1 aromatic heterocycles. The molecule has 0 aliphatic rings. The maximum absolute atomic E-state index is 14.4. The van der Waals surface area contributed by atoms with Gasteiger partial charge in [-0.05, 0) is 62.6 Å². The first kappa shape index (κ1) is 31.3. The fraction of sp³-hybridized carbons (Fsp3) is 0.370. The van der Waals surface area contributed by atoms with Crippen molar-refractivity contribution in [3.63, 3.8) is 0 Å².